The first-order valence-corrected chi connectivity index (χ1v) is 15.9. The summed E-state index contributed by atoms with van der Waals surface area (Å²) in [5.41, 5.74) is 7.43. The number of pyridine rings is 1. The monoisotopic (exact) mass is 590 g/mol. The van der Waals surface area contributed by atoms with Crippen LogP contribution in [0.25, 0.3) is 11.4 Å². The van der Waals surface area contributed by atoms with E-state index in [1.165, 1.54) is 11.1 Å². The number of aromatic nitrogens is 3. The zero-order valence-electron chi connectivity index (χ0n) is 25.5. The Morgan fingerprint density at radius 1 is 0.622 bits per heavy atom. The molecule has 0 fully saturated rings. The van der Waals surface area contributed by atoms with E-state index in [-0.39, 0.29) is 0 Å². The molecule has 6 aromatic rings. The lowest BCUT2D eigenvalue weighted by atomic mass is 9.77. The molecule has 4 aromatic carbocycles. The summed E-state index contributed by atoms with van der Waals surface area (Å²) in [4.78, 5) is 12.3. The van der Waals surface area contributed by atoms with Gasteiger partial charge < -0.3 is 9.30 Å². The number of benzene rings is 4. The molecule has 3 heterocycles. The average Bonchev–Trinajstić information content (AvgIpc) is 3.61. The molecule has 0 bridgehead atoms. The van der Waals surface area contributed by atoms with Gasteiger partial charge in [-0.3, -0.25) is 4.90 Å². The van der Waals surface area contributed by atoms with E-state index < -0.39 is 5.54 Å². The van der Waals surface area contributed by atoms with Crippen LogP contribution < -0.4 is 4.74 Å². The minimum absolute atomic E-state index is 0.612. The Labute approximate surface area is 265 Å². The van der Waals surface area contributed by atoms with Crippen LogP contribution >= 0.6 is 0 Å². The minimum atomic E-state index is -0.612. The summed E-state index contributed by atoms with van der Waals surface area (Å²) in [7, 11) is 0. The molecule has 0 unspecified atom stereocenters. The van der Waals surface area contributed by atoms with Crippen molar-refractivity contribution in [2.45, 2.75) is 31.3 Å². The predicted molar refractivity (Wildman–Crippen MR) is 180 cm³/mol. The fraction of sp³-hybridized carbons (Fsp3) is 0.200. The van der Waals surface area contributed by atoms with Crippen LogP contribution in [0.1, 0.15) is 40.7 Å². The largest absolute Gasteiger partial charge is 0.478 e. The Kier molecular flexibility index (Phi) is 8.52. The van der Waals surface area contributed by atoms with Crippen LogP contribution in [0.4, 0.5) is 0 Å². The summed E-state index contributed by atoms with van der Waals surface area (Å²) in [5.74, 6) is 0.634. The van der Waals surface area contributed by atoms with E-state index in [9.17, 15) is 0 Å². The highest BCUT2D eigenvalue weighted by Crippen LogP contribution is 2.41. The van der Waals surface area contributed by atoms with Crippen LogP contribution in [0.2, 0.25) is 0 Å². The smallest absolute Gasteiger partial charge is 0.213 e. The Hall–Kier alpha value is -5.00. The van der Waals surface area contributed by atoms with Crippen molar-refractivity contribution >= 4 is 0 Å². The first-order valence-electron chi connectivity index (χ1n) is 15.9. The molecule has 0 saturated carbocycles. The maximum atomic E-state index is 6.13. The maximum Gasteiger partial charge on any atom is 0.213 e. The normalized spacial score (nSPS) is 13.3. The van der Waals surface area contributed by atoms with Crippen molar-refractivity contribution in [1.29, 1.82) is 0 Å². The molecule has 0 amide bonds. The van der Waals surface area contributed by atoms with Gasteiger partial charge >= 0.3 is 0 Å². The molecule has 5 nitrogen and oxygen atoms in total. The summed E-state index contributed by atoms with van der Waals surface area (Å²) < 4.78 is 8.35. The van der Waals surface area contributed by atoms with Gasteiger partial charge in [-0.05, 0) is 59.7 Å². The zero-order chi connectivity index (χ0) is 30.3. The maximum absolute atomic E-state index is 6.13. The standard InChI is InChI=1S/C40H38N4O/c1-4-17-34(18-5-1)40(35-19-6-2-7-20-35,36-21-8-3-9-22-36)44-30-38(41-31-44)37-23-14-24-39(42-37)45-28-13-12-26-43-27-25-32-15-10-11-16-33(32)29-43/h1-11,14-24,30-31H,12-13,25-29H2. The van der Waals surface area contributed by atoms with Gasteiger partial charge in [0.1, 0.15) is 11.2 Å². The summed E-state index contributed by atoms with van der Waals surface area (Å²) in [5, 5.41) is 0. The van der Waals surface area contributed by atoms with Crippen molar-refractivity contribution in [2.24, 2.45) is 0 Å². The molecule has 224 valence electrons. The van der Waals surface area contributed by atoms with E-state index in [1.807, 2.05) is 24.5 Å². The van der Waals surface area contributed by atoms with Crippen molar-refractivity contribution in [3.63, 3.8) is 0 Å². The minimum Gasteiger partial charge on any atom is -0.478 e. The van der Waals surface area contributed by atoms with Gasteiger partial charge in [0.25, 0.3) is 0 Å². The molecule has 0 radical (unpaired) electrons. The van der Waals surface area contributed by atoms with Gasteiger partial charge in [-0.1, -0.05) is 121 Å². The van der Waals surface area contributed by atoms with E-state index >= 15 is 0 Å². The second-order valence-electron chi connectivity index (χ2n) is 11.7. The van der Waals surface area contributed by atoms with Crippen molar-refractivity contribution < 1.29 is 4.74 Å². The third kappa shape index (κ3) is 6.04. The lowest BCUT2D eigenvalue weighted by Crippen LogP contribution is -2.36. The van der Waals surface area contributed by atoms with E-state index in [4.69, 9.17) is 14.7 Å². The zero-order valence-corrected chi connectivity index (χ0v) is 25.5. The SMILES string of the molecule is c1ccc(C(c2ccccc2)(c2ccccc2)n2cnc(-c3cccc(OCCCCN4CCc5ccccc5C4)n3)c2)cc1. The van der Waals surface area contributed by atoms with Crippen LogP contribution in [0, 0.1) is 0 Å². The number of hydrogen-bond donors (Lipinski definition) is 0. The van der Waals surface area contributed by atoms with Crippen molar-refractivity contribution in [2.75, 3.05) is 19.7 Å². The van der Waals surface area contributed by atoms with E-state index in [1.54, 1.807) is 0 Å². The van der Waals surface area contributed by atoms with Gasteiger partial charge in [-0.25, -0.2) is 9.97 Å². The van der Waals surface area contributed by atoms with Gasteiger partial charge in [-0.2, -0.15) is 0 Å². The molecule has 0 atom stereocenters. The molecule has 1 aliphatic rings. The van der Waals surface area contributed by atoms with Crippen LogP contribution in [0.3, 0.4) is 0 Å². The fourth-order valence-corrected chi connectivity index (χ4v) is 6.62. The number of rotatable bonds is 11. The number of hydrogen-bond acceptors (Lipinski definition) is 4. The third-order valence-corrected chi connectivity index (χ3v) is 8.86. The number of ether oxygens (including phenoxy) is 1. The molecular weight excluding hydrogens is 552 g/mol. The van der Waals surface area contributed by atoms with Crippen LogP contribution in [-0.4, -0.2) is 39.1 Å². The number of imidazole rings is 1. The molecule has 0 N–H and O–H groups in total. The Morgan fingerprint density at radius 3 is 1.91 bits per heavy atom. The van der Waals surface area contributed by atoms with E-state index in [2.05, 4.69) is 131 Å². The van der Waals surface area contributed by atoms with Gasteiger partial charge in [0.2, 0.25) is 5.88 Å². The van der Waals surface area contributed by atoms with E-state index in [0.717, 1.165) is 67.0 Å². The quantitative estimate of drug-likeness (QED) is 0.113. The first kappa shape index (κ1) is 28.8. The molecule has 0 saturated heterocycles. The number of fused-ring (bicyclic) bond motifs is 1. The summed E-state index contributed by atoms with van der Waals surface area (Å²) >= 11 is 0. The first-order chi connectivity index (χ1) is 22.3. The number of unbranched alkanes of at least 4 members (excludes halogenated alkanes) is 1. The predicted octanol–water partition coefficient (Wildman–Crippen LogP) is 8.00. The third-order valence-electron chi connectivity index (χ3n) is 8.86. The molecule has 7 rings (SSSR count). The van der Waals surface area contributed by atoms with Crippen molar-refractivity contribution in [1.82, 2.24) is 19.4 Å². The van der Waals surface area contributed by atoms with Gasteiger partial charge in [-0.15, -0.1) is 0 Å². The summed E-state index contributed by atoms with van der Waals surface area (Å²) in [6.45, 7) is 3.92. The van der Waals surface area contributed by atoms with Crippen LogP contribution in [0.5, 0.6) is 5.88 Å². The van der Waals surface area contributed by atoms with Gasteiger partial charge in [0.15, 0.2) is 0 Å². The molecule has 0 spiro atoms. The van der Waals surface area contributed by atoms with Crippen LogP contribution in [0.15, 0.2) is 146 Å². The Bertz CT molecular complexity index is 1720. The van der Waals surface area contributed by atoms with Gasteiger partial charge in [0.05, 0.1) is 18.6 Å². The Morgan fingerprint density at radius 2 is 1.24 bits per heavy atom. The second kappa shape index (κ2) is 13.3. The van der Waals surface area contributed by atoms with Crippen molar-refractivity contribution in [3.05, 3.63) is 174 Å². The summed E-state index contributed by atoms with van der Waals surface area (Å²) in [6, 6.07) is 46.7. The lowest BCUT2D eigenvalue weighted by molar-refractivity contribution is 0.233. The van der Waals surface area contributed by atoms with E-state index in [0.29, 0.717) is 12.5 Å². The van der Waals surface area contributed by atoms with Gasteiger partial charge in [0, 0.05) is 25.4 Å². The fourth-order valence-electron chi connectivity index (χ4n) is 6.62. The summed E-state index contributed by atoms with van der Waals surface area (Å²) in [6.07, 6.45) is 7.27. The highest BCUT2D eigenvalue weighted by Gasteiger charge is 2.38. The lowest BCUT2D eigenvalue weighted by Gasteiger charge is -2.37. The molecule has 1 aliphatic heterocycles. The molecular formula is C40H38N4O. The topological polar surface area (TPSA) is 43.2 Å². The molecule has 0 aliphatic carbocycles. The number of nitrogens with zero attached hydrogens (tertiary/aromatic N) is 4. The van der Waals surface area contributed by atoms with Crippen molar-refractivity contribution in [3.8, 4) is 17.3 Å². The highest BCUT2D eigenvalue weighted by molar-refractivity contribution is 5.56. The Balaban J connectivity index is 1.08. The molecule has 5 heteroatoms. The molecule has 45 heavy (non-hydrogen) atoms. The average molecular weight is 591 g/mol. The highest BCUT2D eigenvalue weighted by atomic mass is 16.5. The molecule has 2 aromatic heterocycles. The second-order valence-corrected chi connectivity index (χ2v) is 11.7. The van der Waals surface area contributed by atoms with Crippen LogP contribution in [-0.2, 0) is 18.5 Å².